The lowest BCUT2D eigenvalue weighted by Gasteiger charge is -2.24. The van der Waals surface area contributed by atoms with Crippen LogP contribution in [0.2, 0.25) is 5.02 Å². The molecular weight excluding hydrogens is 336 g/mol. The van der Waals surface area contributed by atoms with E-state index in [1.54, 1.807) is 6.20 Å². The zero-order valence-electron chi connectivity index (χ0n) is 14.7. The molecule has 1 aliphatic rings. The number of halogens is 1. The lowest BCUT2D eigenvalue weighted by Crippen LogP contribution is -2.33. The maximum atomic E-state index is 12.6. The predicted molar refractivity (Wildman–Crippen MR) is 103 cm³/mol. The van der Waals surface area contributed by atoms with Crippen LogP contribution in [0.15, 0.2) is 41.3 Å². The molecule has 2 heterocycles. The van der Waals surface area contributed by atoms with Crippen molar-refractivity contribution in [1.82, 2.24) is 14.7 Å². The molecule has 0 bridgehead atoms. The van der Waals surface area contributed by atoms with Crippen molar-refractivity contribution in [3.8, 4) is 0 Å². The Morgan fingerprint density at radius 2 is 1.92 bits per heavy atom. The van der Waals surface area contributed by atoms with Crippen LogP contribution in [0.3, 0.4) is 0 Å². The number of hydrogen-bond acceptors (Lipinski definition) is 4. The van der Waals surface area contributed by atoms with Crippen LogP contribution >= 0.6 is 11.6 Å². The Hall–Kier alpha value is -1.85. The van der Waals surface area contributed by atoms with Crippen LogP contribution in [0.4, 0.5) is 5.69 Å². The van der Waals surface area contributed by atoms with Crippen LogP contribution in [-0.2, 0) is 6.54 Å². The van der Waals surface area contributed by atoms with E-state index in [2.05, 4.69) is 21.8 Å². The first-order valence-corrected chi connectivity index (χ1v) is 9.33. The third-order valence-electron chi connectivity index (χ3n) is 4.61. The number of rotatable bonds is 5. The molecule has 5 nitrogen and oxygen atoms in total. The summed E-state index contributed by atoms with van der Waals surface area (Å²) in [4.78, 5) is 17.3. The molecule has 0 aliphatic carbocycles. The molecule has 0 saturated carbocycles. The Balaban J connectivity index is 1.77. The molecule has 0 spiro atoms. The molecule has 1 saturated heterocycles. The third kappa shape index (κ3) is 4.41. The molecule has 1 aliphatic heterocycles. The number of nitrogens with zero attached hydrogens (tertiary/aromatic N) is 4. The molecule has 1 aromatic carbocycles. The van der Waals surface area contributed by atoms with Gasteiger partial charge in [-0.1, -0.05) is 48.9 Å². The minimum absolute atomic E-state index is 0.224. The summed E-state index contributed by atoms with van der Waals surface area (Å²) in [7, 11) is 0. The van der Waals surface area contributed by atoms with Gasteiger partial charge in [-0.25, -0.2) is 4.68 Å². The van der Waals surface area contributed by atoms with Crippen LogP contribution in [0.5, 0.6) is 0 Å². The first-order valence-electron chi connectivity index (χ1n) is 8.96. The summed E-state index contributed by atoms with van der Waals surface area (Å²) >= 11 is 6.42. The van der Waals surface area contributed by atoms with Gasteiger partial charge in [0.2, 0.25) is 0 Å². The summed E-state index contributed by atoms with van der Waals surface area (Å²) < 4.78 is 1.43. The second kappa shape index (κ2) is 8.50. The van der Waals surface area contributed by atoms with Gasteiger partial charge in [-0.3, -0.25) is 4.79 Å². The molecule has 1 aromatic heterocycles. The van der Waals surface area contributed by atoms with Crippen LogP contribution in [0.1, 0.15) is 25.3 Å². The molecule has 0 unspecified atom stereocenters. The van der Waals surface area contributed by atoms with E-state index in [1.807, 2.05) is 30.3 Å². The maximum absolute atomic E-state index is 12.6. The third-order valence-corrected chi connectivity index (χ3v) is 4.97. The number of aromatic nitrogens is 2. The van der Waals surface area contributed by atoms with Gasteiger partial charge in [0.25, 0.3) is 5.56 Å². The monoisotopic (exact) mass is 360 g/mol. The zero-order chi connectivity index (χ0) is 17.6. The van der Waals surface area contributed by atoms with E-state index >= 15 is 0 Å². The molecule has 0 amide bonds. The molecule has 6 heteroatoms. The highest BCUT2D eigenvalue weighted by atomic mass is 35.5. The first-order chi connectivity index (χ1) is 12.2. The lowest BCUT2D eigenvalue weighted by molar-refractivity contribution is 0.294. The largest absolute Gasteiger partial charge is 0.368 e. The molecule has 0 N–H and O–H groups in total. The second-order valence-electron chi connectivity index (χ2n) is 6.47. The van der Waals surface area contributed by atoms with Gasteiger partial charge in [-0.05, 0) is 31.5 Å². The quantitative estimate of drug-likeness (QED) is 0.822. The van der Waals surface area contributed by atoms with Crippen molar-refractivity contribution < 1.29 is 0 Å². The van der Waals surface area contributed by atoms with E-state index in [4.69, 9.17) is 11.6 Å². The molecule has 134 valence electrons. The fraction of sp³-hybridized carbons (Fsp3) is 0.474. The number of hydrogen-bond donors (Lipinski definition) is 0. The van der Waals surface area contributed by atoms with E-state index in [0.29, 0.717) is 6.54 Å². The van der Waals surface area contributed by atoms with E-state index in [-0.39, 0.29) is 10.6 Å². The van der Waals surface area contributed by atoms with Crippen molar-refractivity contribution >= 4 is 17.3 Å². The van der Waals surface area contributed by atoms with Crippen molar-refractivity contribution in [3.63, 3.8) is 0 Å². The summed E-state index contributed by atoms with van der Waals surface area (Å²) in [6.07, 6.45) is 3.98. The van der Waals surface area contributed by atoms with E-state index in [0.717, 1.165) is 56.8 Å². The lowest BCUT2D eigenvalue weighted by atomic mass is 10.2. The Kier molecular flexibility index (Phi) is 6.10. The topological polar surface area (TPSA) is 41.4 Å². The summed E-state index contributed by atoms with van der Waals surface area (Å²) in [5.41, 5.74) is 1.57. The molecule has 3 rings (SSSR count). The van der Waals surface area contributed by atoms with Gasteiger partial charge in [0, 0.05) is 19.6 Å². The van der Waals surface area contributed by atoms with Gasteiger partial charge in [0.05, 0.1) is 18.4 Å². The highest BCUT2D eigenvalue weighted by molar-refractivity contribution is 6.33. The van der Waals surface area contributed by atoms with Gasteiger partial charge in [0.15, 0.2) is 0 Å². The molecular formula is C19H25ClN4O. The minimum Gasteiger partial charge on any atom is -0.368 e. The van der Waals surface area contributed by atoms with Crippen LogP contribution < -0.4 is 10.5 Å². The smallest absolute Gasteiger partial charge is 0.287 e. The molecule has 0 radical (unpaired) electrons. The fourth-order valence-electron chi connectivity index (χ4n) is 3.30. The van der Waals surface area contributed by atoms with Gasteiger partial charge >= 0.3 is 0 Å². The van der Waals surface area contributed by atoms with E-state index < -0.39 is 0 Å². The average molecular weight is 361 g/mol. The maximum Gasteiger partial charge on any atom is 0.287 e. The number of anilines is 1. The highest BCUT2D eigenvalue weighted by Gasteiger charge is 2.19. The average Bonchev–Trinajstić information content (AvgIpc) is 2.86. The SMILES string of the molecule is CCCN1CCCN(c2cnn(Cc3ccccc3)c(=O)c2Cl)CC1. The number of benzene rings is 1. The fourth-order valence-corrected chi connectivity index (χ4v) is 3.56. The molecule has 2 aromatic rings. The van der Waals surface area contributed by atoms with Crippen molar-refractivity contribution in [2.45, 2.75) is 26.3 Å². The summed E-state index contributed by atoms with van der Waals surface area (Å²) in [6.45, 7) is 7.64. The Morgan fingerprint density at radius 3 is 2.68 bits per heavy atom. The summed E-state index contributed by atoms with van der Waals surface area (Å²) in [6, 6.07) is 9.82. The van der Waals surface area contributed by atoms with Crippen LogP contribution in [-0.4, -0.2) is 47.4 Å². The van der Waals surface area contributed by atoms with Crippen molar-refractivity contribution in [1.29, 1.82) is 0 Å². The Morgan fingerprint density at radius 1 is 1.12 bits per heavy atom. The predicted octanol–water partition coefficient (Wildman–Crippen LogP) is 2.87. The summed E-state index contributed by atoms with van der Waals surface area (Å²) in [5.74, 6) is 0. The molecule has 0 atom stereocenters. The zero-order valence-corrected chi connectivity index (χ0v) is 15.5. The van der Waals surface area contributed by atoms with Gasteiger partial charge in [0.1, 0.15) is 5.02 Å². The van der Waals surface area contributed by atoms with Gasteiger partial charge in [-0.2, -0.15) is 5.10 Å². The van der Waals surface area contributed by atoms with Crippen molar-refractivity contribution in [2.24, 2.45) is 0 Å². The van der Waals surface area contributed by atoms with Crippen LogP contribution in [0.25, 0.3) is 0 Å². The normalized spacial score (nSPS) is 16.0. The standard InChI is InChI=1S/C19H25ClN4O/c1-2-9-22-10-6-11-23(13-12-22)17-14-21-24(19(25)18(17)20)15-16-7-4-3-5-8-16/h3-5,7-8,14H,2,6,9-13,15H2,1H3. The van der Waals surface area contributed by atoms with Gasteiger partial charge < -0.3 is 9.80 Å². The second-order valence-corrected chi connectivity index (χ2v) is 6.85. The Labute approximate surface area is 153 Å². The van der Waals surface area contributed by atoms with Crippen molar-refractivity contribution in [3.05, 3.63) is 57.5 Å². The van der Waals surface area contributed by atoms with Gasteiger partial charge in [-0.15, -0.1) is 0 Å². The van der Waals surface area contributed by atoms with Crippen LogP contribution in [0, 0.1) is 0 Å². The van der Waals surface area contributed by atoms with Crippen molar-refractivity contribution in [2.75, 3.05) is 37.6 Å². The van der Waals surface area contributed by atoms with E-state index in [1.165, 1.54) is 4.68 Å². The first kappa shape index (κ1) is 18.0. The Bertz CT molecular complexity index is 747. The van der Waals surface area contributed by atoms with E-state index in [9.17, 15) is 4.79 Å². The summed E-state index contributed by atoms with van der Waals surface area (Å²) in [5, 5.41) is 4.63. The highest BCUT2D eigenvalue weighted by Crippen LogP contribution is 2.22. The molecule has 1 fully saturated rings. The molecule has 25 heavy (non-hydrogen) atoms. The minimum atomic E-state index is -0.224.